The van der Waals surface area contributed by atoms with Gasteiger partial charge in [-0.1, -0.05) is 69.3 Å². The minimum atomic E-state index is -2.56. The van der Waals surface area contributed by atoms with Crippen LogP contribution in [0.3, 0.4) is 0 Å². The molecule has 3 aliphatic heterocycles. The minimum absolute atomic E-state index is 0.0296. The molecular formula is C59H80N2O12. The van der Waals surface area contributed by atoms with Gasteiger partial charge in [0.15, 0.2) is 0 Å². The Kier molecular flexibility index (Phi) is 19.1. The third-order valence-electron chi connectivity index (χ3n) is 16.2. The van der Waals surface area contributed by atoms with E-state index in [4.69, 9.17) is 28.4 Å². The van der Waals surface area contributed by atoms with Crippen LogP contribution in [0.25, 0.3) is 10.9 Å². The lowest BCUT2D eigenvalue weighted by atomic mass is 9.81. The fourth-order valence-corrected chi connectivity index (χ4v) is 11.8. The number of esters is 1. The van der Waals surface area contributed by atoms with E-state index in [0.717, 1.165) is 41.6 Å². The minimum Gasteiger partial charge on any atom is -0.488 e. The number of carbonyl (C=O) groups is 4. The first-order valence-electron chi connectivity index (χ1n) is 26.5. The highest BCUT2D eigenvalue weighted by atomic mass is 16.7. The first-order chi connectivity index (χ1) is 35.0. The highest BCUT2D eigenvalue weighted by Crippen LogP contribution is 2.40. The molecule has 14 nitrogen and oxygen atoms in total. The molecule has 1 aromatic heterocycles. The normalized spacial score (nSPS) is 34.5. The van der Waals surface area contributed by atoms with Gasteiger partial charge in [-0.05, 0) is 137 Å². The van der Waals surface area contributed by atoms with Gasteiger partial charge in [0.2, 0.25) is 5.79 Å². The second-order valence-corrected chi connectivity index (χ2v) is 21.4. The third kappa shape index (κ3) is 12.9. The lowest BCUT2D eigenvalue weighted by Gasteiger charge is -2.47. The molecule has 2 aromatic carbocycles. The van der Waals surface area contributed by atoms with Gasteiger partial charge in [-0.25, -0.2) is 4.79 Å². The molecule has 3 fully saturated rings. The number of rotatable bonds is 11. The Morgan fingerprint density at radius 1 is 0.863 bits per heavy atom. The van der Waals surface area contributed by atoms with E-state index in [2.05, 4.69) is 65.9 Å². The maximum atomic E-state index is 14.6. The van der Waals surface area contributed by atoms with Gasteiger partial charge < -0.3 is 48.1 Å². The van der Waals surface area contributed by atoms with Crippen molar-refractivity contribution in [2.45, 2.75) is 166 Å². The first-order valence-corrected chi connectivity index (χ1v) is 26.5. The van der Waals surface area contributed by atoms with Crippen LogP contribution in [0.15, 0.2) is 96.7 Å². The van der Waals surface area contributed by atoms with Crippen LogP contribution in [0.2, 0.25) is 0 Å². The lowest BCUT2D eigenvalue weighted by Crippen LogP contribution is -2.64. The van der Waals surface area contributed by atoms with E-state index in [1.54, 1.807) is 27.0 Å². The van der Waals surface area contributed by atoms with E-state index in [1.165, 1.54) is 24.7 Å². The third-order valence-corrected chi connectivity index (χ3v) is 16.2. The van der Waals surface area contributed by atoms with Crippen molar-refractivity contribution in [2.75, 3.05) is 27.9 Å². The van der Waals surface area contributed by atoms with Gasteiger partial charge in [0.25, 0.3) is 11.7 Å². The molecule has 14 unspecified atom stereocenters. The average molecular weight is 1010 g/mol. The molecule has 1 saturated carbocycles. The van der Waals surface area contributed by atoms with Gasteiger partial charge in [-0.15, -0.1) is 6.58 Å². The number of methoxy groups -OCH3 is 3. The number of benzene rings is 2. The summed E-state index contributed by atoms with van der Waals surface area (Å²) in [5, 5.41) is 25.0. The quantitative estimate of drug-likeness (QED) is 0.107. The Morgan fingerprint density at radius 3 is 2.30 bits per heavy atom. The summed E-state index contributed by atoms with van der Waals surface area (Å²) in [6.07, 6.45) is 8.13. The number of aliphatic hydroxyl groups is 2. The summed E-state index contributed by atoms with van der Waals surface area (Å²) in [7, 11) is 4.69. The van der Waals surface area contributed by atoms with Crippen molar-refractivity contribution < 1.29 is 57.8 Å². The Bertz CT molecular complexity index is 2450. The first kappa shape index (κ1) is 55.8. The molecule has 1 amide bonds. The fraction of sp³-hybridized carbons (Fsp3) is 0.593. The molecule has 0 spiro atoms. The summed E-state index contributed by atoms with van der Waals surface area (Å²) in [6.45, 7) is 14.0. The maximum absolute atomic E-state index is 14.6. The summed E-state index contributed by atoms with van der Waals surface area (Å²) in [4.78, 5) is 58.9. The largest absolute Gasteiger partial charge is 0.488 e. The highest BCUT2D eigenvalue weighted by molar-refractivity contribution is 6.39. The average Bonchev–Trinajstić information content (AvgIpc) is 3.79. The van der Waals surface area contributed by atoms with Crippen molar-refractivity contribution in [3.8, 4) is 5.75 Å². The van der Waals surface area contributed by atoms with E-state index in [1.807, 2.05) is 39.0 Å². The predicted octanol–water partition coefficient (Wildman–Crippen LogP) is 8.73. The van der Waals surface area contributed by atoms with Crippen LogP contribution >= 0.6 is 0 Å². The van der Waals surface area contributed by atoms with Gasteiger partial charge in [0.05, 0.1) is 24.4 Å². The number of fused-ring (bicyclic) bond motifs is 4. The van der Waals surface area contributed by atoms with Gasteiger partial charge in [-0.2, -0.15) is 0 Å². The molecule has 2 bridgehead atoms. The van der Waals surface area contributed by atoms with Gasteiger partial charge in [-0.3, -0.25) is 14.4 Å². The van der Waals surface area contributed by atoms with Crippen molar-refractivity contribution >= 4 is 34.3 Å². The molecule has 3 aromatic rings. The Hall–Kier alpha value is -4.96. The molecule has 4 aliphatic rings. The van der Waals surface area contributed by atoms with Gasteiger partial charge >= 0.3 is 5.97 Å². The molecular weight excluding hydrogens is 929 g/mol. The number of aromatic nitrogens is 1. The molecule has 4 heterocycles. The van der Waals surface area contributed by atoms with Crippen LogP contribution < -0.4 is 4.74 Å². The van der Waals surface area contributed by atoms with Crippen LogP contribution in [0.5, 0.6) is 5.75 Å². The number of ketones is 2. The van der Waals surface area contributed by atoms with Crippen molar-refractivity contribution in [1.29, 1.82) is 0 Å². The number of carbonyl (C=O) groups excluding carboxylic acids is 4. The molecule has 2 saturated heterocycles. The fourth-order valence-electron chi connectivity index (χ4n) is 11.8. The molecule has 1 aliphatic carbocycles. The molecule has 398 valence electrons. The van der Waals surface area contributed by atoms with Crippen molar-refractivity contribution in [3.05, 3.63) is 102 Å². The Balaban J connectivity index is 1.14. The molecule has 0 radical (unpaired) electrons. The van der Waals surface area contributed by atoms with Crippen LogP contribution in [0, 0.1) is 29.6 Å². The molecule has 14 atom stereocenters. The number of nitrogens with zero attached hydrogens (tertiary/aromatic N) is 2. The second kappa shape index (κ2) is 25.0. The summed E-state index contributed by atoms with van der Waals surface area (Å²) in [5.74, 6) is -6.79. The number of amides is 1. The summed E-state index contributed by atoms with van der Waals surface area (Å²) < 4.78 is 39.5. The summed E-state index contributed by atoms with van der Waals surface area (Å²) in [6, 6.07) is 17.6. The summed E-state index contributed by atoms with van der Waals surface area (Å²) in [5.41, 5.74) is 3.76. The van der Waals surface area contributed by atoms with Crippen molar-refractivity contribution in [2.24, 2.45) is 29.6 Å². The molecule has 73 heavy (non-hydrogen) atoms. The van der Waals surface area contributed by atoms with Gasteiger partial charge in [0, 0.05) is 69.8 Å². The van der Waals surface area contributed by atoms with Crippen LogP contribution in [0.4, 0.5) is 0 Å². The topological polar surface area (TPSA) is 172 Å². The SMILES string of the molecule is C=CCC1/C=C(\C)C(O)C(C)CC(OC)C2OC(O)(C(=O)C(=O)N3CCCCC3C(=O)OC(C(C)=CC3CCC(Oc4ccc5c(ccn5Cc5ccccc5)c4)C(OC)C3)C(C)CCC1=O)C(C)CC2OC. The number of allylic oxidation sites excluding steroid dienone is 3. The van der Waals surface area contributed by atoms with Gasteiger partial charge in [0.1, 0.15) is 35.9 Å². The maximum Gasteiger partial charge on any atom is 0.329 e. The van der Waals surface area contributed by atoms with Crippen LogP contribution in [-0.2, 0) is 49.4 Å². The Labute approximate surface area is 432 Å². The van der Waals surface area contributed by atoms with E-state index in [-0.39, 0.29) is 62.1 Å². The highest BCUT2D eigenvalue weighted by Gasteiger charge is 2.57. The van der Waals surface area contributed by atoms with Crippen LogP contribution in [-0.4, -0.2) is 126 Å². The number of Topliss-reactive ketones (excluding diaryl/α,β-unsaturated/α-hetero) is 2. The van der Waals surface area contributed by atoms with Crippen molar-refractivity contribution in [1.82, 2.24) is 9.47 Å². The Morgan fingerprint density at radius 2 is 1.59 bits per heavy atom. The molecule has 2 N–H and O–H groups in total. The predicted molar refractivity (Wildman–Crippen MR) is 278 cm³/mol. The van der Waals surface area contributed by atoms with Crippen molar-refractivity contribution in [3.63, 3.8) is 0 Å². The second-order valence-electron chi connectivity index (χ2n) is 21.4. The smallest absolute Gasteiger partial charge is 0.329 e. The number of hydrogen-bond donors (Lipinski definition) is 2. The number of ether oxygens (including phenoxy) is 6. The van der Waals surface area contributed by atoms with Crippen LogP contribution in [0.1, 0.15) is 111 Å². The number of piperidine rings is 1. The number of cyclic esters (lactones) is 1. The van der Waals surface area contributed by atoms with E-state index < -0.39 is 77.8 Å². The van der Waals surface area contributed by atoms with E-state index >= 15 is 0 Å². The monoisotopic (exact) mass is 1010 g/mol. The number of hydrogen-bond acceptors (Lipinski definition) is 12. The lowest BCUT2D eigenvalue weighted by molar-refractivity contribution is -0.302. The van der Waals surface area contributed by atoms with E-state index in [9.17, 15) is 29.4 Å². The number of aliphatic hydroxyl groups excluding tert-OH is 1. The zero-order chi connectivity index (χ0) is 52.6. The zero-order valence-electron chi connectivity index (χ0n) is 44.3. The van der Waals surface area contributed by atoms with E-state index in [0.29, 0.717) is 37.7 Å². The zero-order valence-corrected chi connectivity index (χ0v) is 44.3. The summed E-state index contributed by atoms with van der Waals surface area (Å²) >= 11 is 0. The molecule has 7 rings (SSSR count). The standard InChI is InChI=1S/C59H80N2O12/c1-10-16-44-30-37(3)53(63)38(4)31-51(69-8)55-52(70-9)32-40(6)59(67,73-55)56(64)57(65)61-27-15-14-19-47(61)58(66)72-54(36(2)20-24-48(44)62)39(5)29-42-21-25-49(50(33-42)68-7)71-45-22-23-46-43(34-45)26-28-60(46)35-41-17-12-11-13-18-41/h10-13,17-18,22-23,26,28-30,34,36,38,40,42,44,47,49-55,63,67H,1,14-16,19-21,24-25,27,31-33,35H2,2-9H3/b37-30+,39-29?. The molecule has 14 heteroatoms.